The molecule has 1 fully saturated rings. The molecule has 19 heavy (non-hydrogen) atoms. The van der Waals surface area contributed by atoms with Crippen LogP contribution in [-0.2, 0) is 9.59 Å². The first-order valence-corrected chi connectivity index (χ1v) is 6.85. The van der Waals surface area contributed by atoms with Gasteiger partial charge in [-0.3, -0.25) is 9.59 Å². The third kappa shape index (κ3) is 3.48. The van der Waals surface area contributed by atoms with Crippen molar-refractivity contribution in [3.8, 4) is 0 Å². The van der Waals surface area contributed by atoms with Gasteiger partial charge < -0.3 is 15.5 Å². The van der Waals surface area contributed by atoms with Crippen LogP contribution in [0.5, 0.6) is 0 Å². The van der Waals surface area contributed by atoms with Crippen molar-refractivity contribution < 1.29 is 19.8 Å². The highest BCUT2D eigenvalue weighted by Crippen LogP contribution is 2.34. The fourth-order valence-electron chi connectivity index (χ4n) is 2.28. The van der Waals surface area contributed by atoms with Gasteiger partial charge in [-0.1, -0.05) is 18.2 Å². The maximum absolute atomic E-state index is 11.1. The zero-order chi connectivity index (χ0) is 13.8. The zero-order valence-electron chi connectivity index (χ0n) is 10.2. The topological polar surface area (TPSA) is 86.6 Å². The fraction of sp³-hybridized carbons (Fsp3) is 0.385. The van der Waals surface area contributed by atoms with Gasteiger partial charge in [0.25, 0.3) is 0 Å². The Bertz CT molecular complexity index is 465. The van der Waals surface area contributed by atoms with Gasteiger partial charge in [0, 0.05) is 22.6 Å². The standard InChI is InChI=1S/C13H15NO4S/c15-11(16)6-9-10(7-14-12(9)13(17)18)19-8-4-2-1-3-5-8/h1-5,9-10,12,14H,6-7H2,(H,15,16)(H,17,18)/t9-,10-,12?/m0/s1. The fourth-order valence-corrected chi connectivity index (χ4v) is 3.56. The summed E-state index contributed by atoms with van der Waals surface area (Å²) in [6.07, 6.45) is -0.130. The maximum atomic E-state index is 11.1. The minimum atomic E-state index is -0.984. The number of carboxylic acid groups (broad SMARTS) is 2. The molecule has 1 aromatic rings. The van der Waals surface area contributed by atoms with E-state index in [9.17, 15) is 9.59 Å². The van der Waals surface area contributed by atoms with Crippen LogP contribution >= 0.6 is 11.8 Å². The number of hydrogen-bond donors (Lipinski definition) is 3. The molecule has 1 aromatic carbocycles. The van der Waals surface area contributed by atoms with E-state index in [1.165, 1.54) is 11.8 Å². The Morgan fingerprint density at radius 1 is 1.26 bits per heavy atom. The van der Waals surface area contributed by atoms with Crippen LogP contribution in [0.15, 0.2) is 35.2 Å². The summed E-state index contributed by atoms with van der Waals surface area (Å²) in [5.41, 5.74) is 0. The third-order valence-electron chi connectivity index (χ3n) is 3.15. The number of aliphatic carboxylic acids is 2. The van der Waals surface area contributed by atoms with E-state index >= 15 is 0 Å². The Kier molecular flexibility index (Phi) is 4.44. The van der Waals surface area contributed by atoms with Crippen LogP contribution in [0.1, 0.15) is 6.42 Å². The van der Waals surface area contributed by atoms with E-state index in [0.29, 0.717) is 6.54 Å². The van der Waals surface area contributed by atoms with Crippen molar-refractivity contribution in [1.82, 2.24) is 5.32 Å². The smallest absolute Gasteiger partial charge is 0.321 e. The van der Waals surface area contributed by atoms with Gasteiger partial charge in [0.1, 0.15) is 6.04 Å². The highest BCUT2D eigenvalue weighted by atomic mass is 32.2. The molecule has 0 saturated carbocycles. The molecule has 0 bridgehead atoms. The summed E-state index contributed by atoms with van der Waals surface area (Å²) < 4.78 is 0. The molecule has 1 saturated heterocycles. The molecular formula is C13H15NO4S. The van der Waals surface area contributed by atoms with E-state index in [0.717, 1.165) is 4.90 Å². The summed E-state index contributed by atoms with van der Waals surface area (Å²) in [7, 11) is 0. The molecule has 2 rings (SSSR count). The summed E-state index contributed by atoms with van der Waals surface area (Å²) in [5, 5.41) is 20.9. The number of rotatable bonds is 5. The number of hydrogen-bond acceptors (Lipinski definition) is 4. The highest BCUT2D eigenvalue weighted by Gasteiger charge is 2.41. The average molecular weight is 281 g/mol. The van der Waals surface area contributed by atoms with E-state index < -0.39 is 23.9 Å². The van der Waals surface area contributed by atoms with E-state index in [-0.39, 0.29) is 11.7 Å². The lowest BCUT2D eigenvalue weighted by molar-refractivity contribution is -0.141. The van der Waals surface area contributed by atoms with Crippen molar-refractivity contribution in [3.05, 3.63) is 30.3 Å². The number of nitrogens with one attached hydrogen (secondary N) is 1. The zero-order valence-corrected chi connectivity index (χ0v) is 11.0. The summed E-state index contributed by atoms with van der Waals surface area (Å²) >= 11 is 1.53. The molecule has 0 aliphatic carbocycles. The number of carboxylic acids is 2. The quantitative estimate of drug-likeness (QED) is 0.754. The molecule has 0 amide bonds. The van der Waals surface area contributed by atoms with Gasteiger partial charge in [0.05, 0.1) is 6.42 Å². The molecule has 0 spiro atoms. The Balaban J connectivity index is 2.10. The summed E-state index contributed by atoms with van der Waals surface area (Å²) in [6.45, 7) is 0.508. The van der Waals surface area contributed by atoms with Crippen molar-refractivity contribution in [2.24, 2.45) is 5.92 Å². The van der Waals surface area contributed by atoms with Gasteiger partial charge >= 0.3 is 11.9 Å². The lowest BCUT2D eigenvalue weighted by Crippen LogP contribution is -2.37. The second-order valence-corrected chi connectivity index (χ2v) is 5.77. The van der Waals surface area contributed by atoms with Crippen LogP contribution in [0.3, 0.4) is 0 Å². The number of benzene rings is 1. The van der Waals surface area contributed by atoms with Crippen molar-refractivity contribution in [2.45, 2.75) is 22.6 Å². The summed E-state index contributed by atoms with van der Waals surface area (Å²) in [6, 6.07) is 8.83. The maximum Gasteiger partial charge on any atom is 0.321 e. The lowest BCUT2D eigenvalue weighted by atomic mass is 9.96. The van der Waals surface area contributed by atoms with Gasteiger partial charge in [-0.05, 0) is 12.1 Å². The van der Waals surface area contributed by atoms with Gasteiger partial charge in [0.2, 0.25) is 0 Å². The van der Waals surface area contributed by atoms with E-state index in [2.05, 4.69) is 5.32 Å². The molecule has 3 N–H and O–H groups in total. The second kappa shape index (κ2) is 6.08. The summed E-state index contributed by atoms with van der Waals surface area (Å²) in [4.78, 5) is 23.0. The minimum Gasteiger partial charge on any atom is -0.481 e. The Morgan fingerprint density at radius 2 is 1.95 bits per heavy atom. The molecule has 6 heteroatoms. The second-order valence-electron chi connectivity index (χ2n) is 4.46. The van der Waals surface area contributed by atoms with Crippen molar-refractivity contribution in [3.63, 3.8) is 0 Å². The van der Waals surface area contributed by atoms with Gasteiger partial charge in [-0.25, -0.2) is 0 Å². The molecule has 102 valence electrons. The van der Waals surface area contributed by atoms with Crippen LogP contribution in [0.4, 0.5) is 0 Å². The van der Waals surface area contributed by atoms with Gasteiger partial charge in [0.15, 0.2) is 0 Å². The van der Waals surface area contributed by atoms with Crippen LogP contribution in [0.2, 0.25) is 0 Å². The number of carbonyl (C=O) groups is 2. The van der Waals surface area contributed by atoms with Crippen LogP contribution in [0.25, 0.3) is 0 Å². The van der Waals surface area contributed by atoms with Crippen molar-refractivity contribution in [1.29, 1.82) is 0 Å². The predicted molar refractivity (Wildman–Crippen MR) is 71.3 cm³/mol. The number of thioether (sulfide) groups is 1. The van der Waals surface area contributed by atoms with Crippen LogP contribution < -0.4 is 5.32 Å². The van der Waals surface area contributed by atoms with Gasteiger partial charge in [-0.2, -0.15) is 0 Å². The molecule has 0 radical (unpaired) electrons. The van der Waals surface area contributed by atoms with Crippen LogP contribution in [0, 0.1) is 5.92 Å². The molecule has 0 aromatic heterocycles. The Labute approximate surface area is 115 Å². The minimum absolute atomic E-state index is 0.0420. The molecule has 1 aliphatic rings. The first-order chi connectivity index (χ1) is 9.08. The average Bonchev–Trinajstić information content (AvgIpc) is 2.73. The van der Waals surface area contributed by atoms with Crippen molar-refractivity contribution in [2.75, 3.05) is 6.54 Å². The van der Waals surface area contributed by atoms with E-state index in [4.69, 9.17) is 10.2 Å². The van der Waals surface area contributed by atoms with E-state index in [1.807, 2.05) is 30.3 Å². The predicted octanol–water partition coefficient (Wildman–Crippen LogP) is 1.29. The third-order valence-corrected chi connectivity index (χ3v) is 4.52. The van der Waals surface area contributed by atoms with Gasteiger partial charge in [-0.15, -0.1) is 11.8 Å². The van der Waals surface area contributed by atoms with Crippen LogP contribution in [-0.4, -0.2) is 40.0 Å². The van der Waals surface area contributed by atoms with Crippen molar-refractivity contribution >= 4 is 23.7 Å². The largest absolute Gasteiger partial charge is 0.481 e. The molecule has 1 heterocycles. The first kappa shape index (κ1) is 13.9. The first-order valence-electron chi connectivity index (χ1n) is 5.97. The molecule has 1 unspecified atom stereocenters. The molecule has 3 atom stereocenters. The normalized spacial score (nSPS) is 26.2. The SMILES string of the molecule is O=C(O)C[C@@H]1C(C(=O)O)NC[C@@H]1Sc1ccccc1. The molecule has 5 nitrogen and oxygen atoms in total. The molecule has 1 aliphatic heterocycles. The highest BCUT2D eigenvalue weighted by molar-refractivity contribution is 8.00. The Hall–Kier alpha value is -1.53. The molecular weight excluding hydrogens is 266 g/mol. The van der Waals surface area contributed by atoms with E-state index in [1.54, 1.807) is 0 Å². The monoisotopic (exact) mass is 281 g/mol. The summed E-state index contributed by atoms with van der Waals surface area (Å²) in [5.74, 6) is -2.35. The lowest BCUT2D eigenvalue weighted by Gasteiger charge is -2.19. The Morgan fingerprint density at radius 3 is 2.53 bits per heavy atom.